The van der Waals surface area contributed by atoms with Gasteiger partial charge in [-0.1, -0.05) is 48.0 Å². The molecule has 2 unspecified atom stereocenters. The van der Waals surface area contributed by atoms with E-state index in [1.54, 1.807) is 60.7 Å². The average molecular weight is 870 g/mol. The number of nitrogens with zero attached hydrogens (tertiary/aromatic N) is 8. The molecule has 2 aliphatic carbocycles. The van der Waals surface area contributed by atoms with Gasteiger partial charge < -0.3 is 44.4 Å². The minimum absolute atomic E-state index is 0.137. The van der Waals surface area contributed by atoms with Crippen LogP contribution in [0.1, 0.15) is 59.9 Å². The van der Waals surface area contributed by atoms with E-state index in [0.717, 1.165) is 0 Å². The molecule has 22 heteroatoms. The largest absolute Gasteiger partial charge is 0.455 e. The fraction of sp³-hybridized carbons (Fsp3) is 0.350. The van der Waals surface area contributed by atoms with Crippen LogP contribution in [0.25, 0.3) is 22.3 Å². The summed E-state index contributed by atoms with van der Waals surface area (Å²) in [7, 11) is 0. The number of halogens is 1. The van der Waals surface area contributed by atoms with Crippen molar-refractivity contribution in [3.8, 4) is 0 Å². The zero-order chi connectivity index (χ0) is 43.5. The van der Waals surface area contributed by atoms with Crippen molar-refractivity contribution in [3.63, 3.8) is 0 Å². The minimum atomic E-state index is -1.26. The summed E-state index contributed by atoms with van der Waals surface area (Å²) in [5, 5.41) is 21.3. The third kappa shape index (κ3) is 7.11. The molecule has 4 aliphatic rings. The third-order valence-electron chi connectivity index (χ3n) is 11.0. The van der Waals surface area contributed by atoms with Crippen LogP contribution >= 0.6 is 11.6 Å². The molecule has 0 radical (unpaired) electrons. The molecule has 10 atom stereocenters. The maximum atomic E-state index is 12.6. The van der Waals surface area contributed by atoms with Gasteiger partial charge in [-0.05, 0) is 24.3 Å². The molecule has 6 aromatic rings. The third-order valence-corrected chi connectivity index (χ3v) is 11.3. The number of nitrogens with two attached hydrogens (primary N) is 1. The molecule has 4 aromatic heterocycles. The van der Waals surface area contributed by atoms with Gasteiger partial charge in [0.05, 0.1) is 23.8 Å². The van der Waals surface area contributed by atoms with E-state index in [2.05, 4.69) is 29.9 Å². The van der Waals surface area contributed by atoms with Crippen LogP contribution < -0.4 is 5.73 Å². The van der Waals surface area contributed by atoms with Crippen LogP contribution in [0.3, 0.4) is 0 Å². The summed E-state index contributed by atoms with van der Waals surface area (Å²) in [4.78, 5) is 73.3. The number of ether oxygens (including phenoxy) is 6. The van der Waals surface area contributed by atoms with Gasteiger partial charge in [0.15, 0.2) is 52.5 Å². The summed E-state index contributed by atoms with van der Waals surface area (Å²) in [6.45, 7) is 2.47. The van der Waals surface area contributed by atoms with Gasteiger partial charge in [-0.2, -0.15) is 0 Å². The smallest absolute Gasteiger partial charge is 0.338 e. The quantitative estimate of drug-likeness (QED) is 0.112. The zero-order valence-electron chi connectivity index (χ0n) is 32.6. The number of nitrogen functional groups attached to an aromatic ring is 1. The molecular weight excluding hydrogens is 834 g/mol. The lowest BCUT2D eigenvalue weighted by atomic mass is 10.1. The number of aliphatic hydroxyl groups excluding tert-OH is 2. The van der Waals surface area contributed by atoms with Crippen molar-refractivity contribution in [1.29, 1.82) is 0 Å². The highest BCUT2D eigenvalue weighted by Gasteiger charge is 2.75. The first-order valence-electron chi connectivity index (χ1n) is 19.2. The first-order chi connectivity index (χ1) is 29.8. The van der Waals surface area contributed by atoms with Gasteiger partial charge in [0.2, 0.25) is 0 Å². The van der Waals surface area contributed by atoms with E-state index in [-0.39, 0.29) is 23.8 Å². The molecule has 21 nitrogen and oxygen atoms in total. The van der Waals surface area contributed by atoms with Crippen molar-refractivity contribution in [3.05, 3.63) is 102 Å². The van der Waals surface area contributed by atoms with Crippen molar-refractivity contribution < 1.29 is 57.8 Å². The van der Waals surface area contributed by atoms with Gasteiger partial charge in [-0.25, -0.2) is 39.5 Å². The van der Waals surface area contributed by atoms with Crippen LogP contribution in [-0.2, 0) is 38.0 Å². The van der Waals surface area contributed by atoms with Gasteiger partial charge in [-0.15, -0.1) is 0 Å². The standard InChI is InChI=1S/C22H19ClN4O7.C18H17N5O5/c1-11(28)31-16-17(32-12(2)29)22(8-14(22)33-21(30)13-6-4-3-5-7-13)34-20(16)27-10-26-15-18(23)24-9-25-19(15)27;19-14-11-15(21-7-20-14)23(8-22-11)16-12(24)13(25)18(28-16)6-10(18)27-17(26)9-4-2-1-3-5-9/h3-7,9-10,14,16-17,20H,8H2,1-2H3;1-5,7-8,10,12-13,16,24-25H,6H2,(H2,19,20,21)/t14-,16?,17-,20-,22-;10-,12?,13-,16-,18-/m11/s1. The molecule has 0 amide bonds. The molecule has 2 aliphatic heterocycles. The molecule has 320 valence electrons. The summed E-state index contributed by atoms with van der Waals surface area (Å²) in [5.74, 6) is -2.07. The highest BCUT2D eigenvalue weighted by atomic mass is 35.5. The van der Waals surface area contributed by atoms with E-state index in [1.807, 2.05) is 0 Å². The Labute approximate surface area is 354 Å². The summed E-state index contributed by atoms with van der Waals surface area (Å²) < 4.78 is 37.5. The van der Waals surface area contributed by atoms with Crippen LogP contribution in [-0.4, -0.2) is 121 Å². The monoisotopic (exact) mass is 869 g/mol. The Bertz CT molecular complexity index is 2710. The molecule has 10 rings (SSSR count). The number of rotatable bonds is 8. The Balaban J connectivity index is 0.000000161. The number of anilines is 1. The highest BCUT2D eigenvalue weighted by molar-refractivity contribution is 6.33. The van der Waals surface area contributed by atoms with E-state index >= 15 is 0 Å². The summed E-state index contributed by atoms with van der Waals surface area (Å²) in [5.41, 5.74) is 5.59. The van der Waals surface area contributed by atoms with Crippen LogP contribution in [0.2, 0.25) is 5.15 Å². The molecule has 2 aromatic carbocycles. The number of hydrogen-bond donors (Lipinski definition) is 3. The zero-order valence-corrected chi connectivity index (χ0v) is 33.4. The average Bonchev–Trinajstić information content (AvgIpc) is 3.83. The van der Waals surface area contributed by atoms with E-state index in [1.165, 1.54) is 48.3 Å². The van der Waals surface area contributed by atoms with Gasteiger partial charge in [-0.3, -0.25) is 18.7 Å². The Morgan fingerprint density at radius 2 is 1.21 bits per heavy atom. The first kappa shape index (κ1) is 40.7. The molecule has 2 spiro atoms. The number of esters is 4. The minimum Gasteiger partial charge on any atom is -0.455 e. The molecule has 2 saturated heterocycles. The summed E-state index contributed by atoms with van der Waals surface area (Å²) in [6.07, 6.45) is -2.02. The predicted molar refractivity (Wildman–Crippen MR) is 209 cm³/mol. The molecular formula is C40H36ClN9O12. The number of carbonyl (C=O) groups is 4. The fourth-order valence-electron chi connectivity index (χ4n) is 7.90. The van der Waals surface area contributed by atoms with E-state index < -0.39 is 84.2 Å². The highest BCUT2D eigenvalue weighted by Crippen LogP contribution is 2.57. The van der Waals surface area contributed by atoms with E-state index in [0.29, 0.717) is 33.5 Å². The van der Waals surface area contributed by atoms with Crippen molar-refractivity contribution in [2.75, 3.05) is 5.73 Å². The first-order valence-corrected chi connectivity index (χ1v) is 19.5. The lowest BCUT2D eigenvalue weighted by Crippen LogP contribution is -2.41. The van der Waals surface area contributed by atoms with Crippen molar-refractivity contribution >= 4 is 63.6 Å². The van der Waals surface area contributed by atoms with Crippen molar-refractivity contribution in [2.45, 2.75) is 87.0 Å². The Kier molecular flexibility index (Phi) is 10.3. The van der Waals surface area contributed by atoms with E-state index in [4.69, 9.17) is 45.8 Å². The maximum absolute atomic E-state index is 12.6. The number of aliphatic hydroxyl groups is 2. The van der Waals surface area contributed by atoms with Gasteiger partial charge in [0, 0.05) is 26.7 Å². The van der Waals surface area contributed by atoms with Crippen LogP contribution in [0.4, 0.5) is 5.82 Å². The van der Waals surface area contributed by atoms with Gasteiger partial charge in [0.1, 0.15) is 53.7 Å². The second kappa shape index (κ2) is 15.7. The molecule has 0 bridgehead atoms. The molecule has 4 fully saturated rings. The number of fused-ring (bicyclic) bond motifs is 2. The molecule has 4 N–H and O–H groups in total. The Morgan fingerprint density at radius 1 is 0.694 bits per heavy atom. The summed E-state index contributed by atoms with van der Waals surface area (Å²) in [6, 6.07) is 17.0. The fourth-order valence-corrected chi connectivity index (χ4v) is 8.08. The van der Waals surface area contributed by atoms with Crippen LogP contribution in [0.5, 0.6) is 0 Å². The summed E-state index contributed by atoms with van der Waals surface area (Å²) >= 11 is 6.12. The second-order valence-electron chi connectivity index (χ2n) is 15.0. The second-order valence-corrected chi connectivity index (χ2v) is 15.3. The van der Waals surface area contributed by atoms with Gasteiger partial charge >= 0.3 is 23.9 Å². The number of hydrogen-bond acceptors (Lipinski definition) is 19. The number of imidazole rings is 2. The maximum Gasteiger partial charge on any atom is 0.338 e. The number of aromatic nitrogens is 8. The Hall–Kier alpha value is -6.65. The number of carbonyl (C=O) groups excluding carboxylic acids is 4. The Morgan fingerprint density at radius 3 is 1.82 bits per heavy atom. The van der Waals surface area contributed by atoms with E-state index in [9.17, 15) is 29.4 Å². The van der Waals surface area contributed by atoms with Crippen molar-refractivity contribution in [2.24, 2.45) is 0 Å². The van der Waals surface area contributed by atoms with Crippen LogP contribution in [0.15, 0.2) is 86.0 Å². The number of benzene rings is 2. The topological polar surface area (TPSA) is 277 Å². The molecule has 6 heterocycles. The van der Waals surface area contributed by atoms with Crippen molar-refractivity contribution in [1.82, 2.24) is 39.0 Å². The lowest BCUT2D eigenvalue weighted by Gasteiger charge is -2.24. The van der Waals surface area contributed by atoms with Crippen LogP contribution in [0, 0.1) is 0 Å². The normalized spacial score (nSPS) is 29.2. The molecule has 2 saturated carbocycles. The molecule has 62 heavy (non-hydrogen) atoms. The van der Waals surface area contributed by atoms with Gasteiger partial charge in [0.25, 0.3) is 0 Å². The predicted octanol–water partition coefficient (Wildman–Crippen LogP) is 2.27. The lowest BCUT2D eigenvalue weighted by molar-refractivity contribution is -0.166. The SMILES string of the molecule is CC(=O)OC1[C@H](n2cnc3c(Cl)ncnc32)O[C@@]2(C[C@H]2OC(=O)c2ccccc2)[C@@H]1OC(C)=O.Nc1ncnc2c1ncn2[C@@H]1O[C@@]2(C[C@H]2OC(=O)c2ccccc2)[C@H](O)C1O.